The zero-order chi connectivity index (χ0) is 14.5. The van der Waals surface area contributed by atoms with E-state index >= 15 is 0 Å². The fourth-order valence-electron chi connectivity index (χ4n) is 2.57. The minimum atomic E-state index is -0.350. The van der Waals surface area contributed by atoms with Gasteiger partial charge in [0.1, 0.15) is 5.75 Å². The Morgan fingerprint density at radius 1 is 1.45 bits per heavy atom. The van der Waals surface area contributed by atoms with Crippen LogP contribution in [-0.4, -0.2) is 23.7 Å². The second kappa shape index (κ2) is 6.75. The monoisotopic (exact) mass is 277 g/mol. The Bertz CT molecular complexity index is 469. The maximum Gasteiger partial charge on any atom is 0.258 e. The van der Waals surface area contributed by atoms with Gasteiger partial charge in [0, 0.05) is 6.04 Å². The van der Waals surface area contributed by atoms with E-state index in [1.165, 1.54) is 0 Å². The first kappa shape index (κ1) is 14.9. The number of carbonyl (C=O) groups is 1. The minimum Gasteiger partial charge on any atom is -0.484 e. The molecule has 20 heavy (non-hydrogen) atoms. The van der Waals surface area contributed by atoms with Gasteiger partial charge in [0.25, 0.3) is 5.91 Å². The van der Waals surface area contributed by atoms with E-state index in [4.69, 9.17) is 4.74 Å². The van der Waals surface area contributed by atoms with Gasteiger partial charge in [0.15, 0.2) is 6.61 Å². The molecule has 0 fully saturated rings. The molecule has 0 aliphatic heterocycles. The third kappa shape index (κ3) is 3.51. The van der Waals surface area contributed by atoms with Crippen LogP contribution in [0.15, 0.2) is 18.2 Å². The molecular weight excluding hydrogens is 254 g/mol. The number of amides is 1. The summed E-state index contributed by atoms with van der Waals surface area (Å²) in [7, 11) is 0. The number of nitrogens with one attached hydrogen (secondary N) is 1. The van der Waals surface area contributed by atoms with Gasteiger partial charge >= 0.3 is 0 Å². The fraction of sp³-hybridized carbons (Fsp3) is 0.562. The molecule has 0 spiro atoms. The Morgan fingerprint density at radius 3 is 2.90 bits per heavy atom. The van der Waals surface area contributed by atoms with Crippen LogP contribution in [-0.2, 0) is 11.2 Å². The van der Waals surface area contributed by atoms with E-state index < -0.39 is 0 Å². The van der Waals surface area contributed by atoms with Gasteiger partial charge in [-0.05, 0) is 48.9 Å². The number of fused-ring (bicyclic) bond motifs is 1. The van der Waals surface area contributed by atoms with Crippen LogP contribution in [0, 0.1) is 0 Å². The second-order valence-corrected chi connectivity index (χ2v) is 5.28. The number of aryl methyl sites for hydroxylation is 1. The SMILES string of the molecule is CCC(CC)NC(=O)COc1ccc2c(c1)CCC2O. The molecule has 4 nitrogen and oxygen atoms in total. The van der Waals surface area contributed by atoms with Crippen LogP contribution >= 0.6 is 0 Å². The summed E-state index contributed by atoms with van der Waals surface area (Å²) in [6.45, 7) is 4.15. The van der Waals surface area contributed by atoms with Crippen LogP contribution in [0.25, 0.3) is 0 Å². The topological polar surface area (TPSA) is 58.6 Å². The van der Waals surface area contributed by atoms with Crippen LogP contribution < -0.4 is 10.1 Å². The lowest BCUT2D eigenvalue weighted by atomic mass is 10.1. The molecule has 1 aromatic rings. The number of aliphatic hydroxyl groups excluding tert-OH is 1. The summed E-state index contributed by atoms with van der Waals surface area (Å²) in [6, 6.07) is 5.86. The molecular formula is C16H23NO3. The van der Waals surface area contributed by atoms with E-state index in [0.29, 0.717) is 5.75 Å². The van der Waals surface area contributed by atoms with Crippen molar-refractivity contribution in [1.82, 2.24) is 5.32 Å². The Hall–Kier alpha value is -1.55. The molecule has 4 heteroatoms. The largest absolute Gasteiger partial charge is 0.484 e. The number of ether oxygens (including phenoxy) is 1. The summed E-state index contributed by atoms with van der Waals surface area (Å²) in [4.78, 5) is 11.8. The first-order valence-electron chi connectivity index (χ1n) is 7.37. The highest BCUT2D eigenvalue weighted by Gasteiger charge is 2.20. The van der Waals surface area contributed by atoms with Crippen LogP contribution in [0.2, 0.25) is 0 Å². The second-order valence-electron chi connectivity index (χ2n) is 5.28. The number of aliphatic hydroxyl groups is 1. The van der Waals surface area contributed by atoms with Crippen LogP contribution in [0.4, 0.5) is 0 Å². The number of benzene rings is 1. The van der Waals surface area contributed by atoms with Crippen molar-refractivity contribution in [3.05, 3.63) is 29.3 Å². The molecule has 2 N–H and O–H groups in total. The van der Waals surface area contributed by atoms with E-state index in [1.54, 1.807) is 0 Å². The van der Waals surface area contributed by atoms with Crippen molar-refractivity contribution in [3.8, 4) is 5.75 Å². The smallest absolute Gasteiger partial charge is 0.258 e. The summed E-state index contributed by atoms with van der Waals surface area (Å²) in [5.74, 6) is 0.608. The van der Waals surface area contributed by atoms with Crippen molar-refractivity contribution in [2.45, 2.75) is 51.7 Å². The number of carbonyl (C=O) groups excluding carboxylic acids is 1. The number of hydrogen-bond donors (Lipinski definition) is 2. The number of hydrogen-bond acceptors (Lipinski definition) is 3. The lowest BCUT2D eigenvalue weighted by Gasteiger charge is -2.15. The zero-order valence-electron chi connectivity index (χ0n) is 12.2. The maximum atomic E-state index is 11.8. The van der Waals surface area contributed by atoms with Gasteiger partial charge in [0.2, 0.25) is 0 Å². The molecule has 0 saturated heterocycles. The van der Waals surface area contributed by atoms with E-state index in [-0.39, 0.29) is 24.7 Å². The normalized spacial score (nSPS) is 17.1. The van der Waals surface area contributed by atoms with Crippen molar-refractivity contribution in [2.75, 3.05) is 6.61 Å². The molecule has 0 aromatic heterocycles. The minimum absolute atomic E-state index is 0.0395. The molecule has 1 atom stereocenters. The standard InChI is InChI=1S/C16H23NO3/c1-3-12(4-2)17-16(19)10-20-13-6-7-14-11(9-13)5-8-15(14)18/h6-7,9,12,15,18H,3-5,8,10H2,1-2H3,(H,17,19). The van der Waals surface area contributed by atoms with Gasteiger partial charge in [-0.25, -0.2) is 0 Å². The Morgan fingerprint density at radius 2 is 2.20 bits per heavy atom. The van der Waals surface area contributed by atoms with Crippen molar-refractivity contribution in [2.24, 2.45) is 0 Å². The molecule has 1 amide bonds. The quantitative estimate of drug-likeness (QED) is 0.839. The van der Waals surface area contributed by atoms with E-state index in [0.717, 1.165) is 36.8 Å². The van der Waals surface area contributed by atoms with Gasteiger partial charge in [-0.2, -0.15) is 0 Å². The predicted molar refractivity (Wildman–Crippen MR) is 77.7 cm³/mol. The molecule has 0 radical (unpaired) electrons. The molecule has 1 aromatic carbocycles. The fourth-order valence-corrected chi connectivity index (χ4v) is 2.57. The van der Waals surface area contributed by atoms with Gasteiger partial charge in [-0.3, -0.25) is 4.79 Å². The summed E-state index contributed by atoms with van der Waals surface area (Å²) in [6.07, 6.45) is 3.15. The van der Waals surface area contributed by atoms with Crippen molar-refractivity contribution in [1.29, 1.82) is 0 Å². The van der Waals surface area contributed by atoms with Gasteiger partial charge < -0.3 is 15.2 Å². The Kier molecular flexibility index (Phi) is 5.01. The third-order valence-electron chi connectivity index (χ3n) is 3.88. The van der Waals surface area contributed by atoms with Gasteiger partial charge in [-0.1, -0.05) is 19.9 Å². The van der Waals surface area contributed by atoms with Gasteiger partial charge in [-0.15, -0.1) is 0 Å². The van der Waals surface area contributed by atoms with Crippen molar-refractivity contribution >= 4 is 5.91 Å². The summed E-state index contributed by atoms with van der Waals surface area (Å²) in [5, 5.41) is 12.7. The number of rotatable bonds is 6. The highest BCUT2D eigenvalue weighted by atomic mass is 16.5. The average Bonchev–Trinajstić information content (AvgIpc) is 2.83. The van der Waals surface area contributed by atoms with Crippen molar-refractivity contribution in [3.63, 3.8) is 0 Å². The van der Waals surface area contributed by atoms with Gasteiger partial charge in [0.05, 0.1) is 6.10 Å². The maximum absolute atomic E-state index is 11.8. The lowest BCUT2D eigenvalue weighted by Crippen LogP contribution is -2.37. The third-order valence-corrected chi connectivity index (χ3v) is 3.88. The Labute approximate surface area is 120 Å². The molecule has 2 rings (SSSR count). The summed E-state index contributed by atoms with van der Waals surface area (Å²) < 4.78 is 5.52. The first-order valence-corrected chi connectivity index (χ1v) is 7.37. The first-order chi connectivity index (χ1) is 9.63. The summed E-state index contributed by atoms with van der Waals surface area (Å²) in [5.41, 5.74) is 2.11. The van der Waals surface area contributed by atoms with E-state index in [9.17, 15) is 9.90 Å². The van der Waals surface area contributed by atoms with E-state index in [1.807, 2.05) is 18.2 Å². The Balaban J connectivity index is 1.87. The highest BCUT2D eigenvalue weighted by molar-refractivity contribution is 5.77. The molecule has 1 aliphatic carbocycles. The predicted octanol–water partition coefficient (Wildman–Crippen LogP) is 2.35. The lowest BCUT2D eigenvalue weighted by molar-refractivity contribution is -0.123. The highest BCUT2D eigenvalue weighted by Crippen LogP contribution is 2.33. The average molecular weight is 277 g/mol. The zero-order valence-corrected chi connectivity index (χ0v) is 12.2. The molecule has 110 valence electrons. The van der Waals surface area contributed by atoms with Crippen molar-refractivity contribution < 1.29 is 14.6 Å². The van der Waals surface area contributed by atoms with Crippen LogP contribution in [0.5, 0.6) is 5.75 Å². The molecule has 0 saturated carbocycles. The molecule has 1 unspecified atom stereocenters. The van der Waals surface area contributed by atoms with Crippen LogP contribution in [0.1, 0.15) is 50.3 Å². The summed E-state index contributed by atoms with van der Waals surface area (Å²) >= 11 is 0. The molecule has 1 aliphatic rings. The van der Waals surface area contributed by atoms with E-state index in [2.05, 4.69) is 19.2 Å². The molecule has 0 bridgehead atoms. The van der Waals surface area contributed by atoms with Crippen LogP contribution in [0.3, 0.4) is 0 Å². The molecule has 0 heterocycles.